The van der Waals surface area contributed by atoms with Crippen molar-refractivity contribution < 1.29 is 120 Å². The fraction of sp³-hybridized carbons (Fsp3) is 0. The normalized spacial score (nSPS) is 0. The van der Waals surface area contributed by atoms with Gasteiger partial charge in [0.15, 0.2) is 0 Å². The Labute approximate surface area is 161 Å². The molecule has 21 valence electrons. The molecule has 0 aliphatic carbocycles. The van der Waals surface area contributed by atoms with Gasteiger partial charge >= 0.3 is 46.1 Å². The van der Waals surface area contributed by atoms with E-state index in [0.29, 0.717) is 0 Å². The van der Waals surface area contributed by atoms with Gasteiger partial charge in [-0.15, -0.1) is 0 Å². The molecule has 0 heterocycles. The molecule has 0 rings (SSSR count). The van der Waals surface area contributed by atoms with Crippen molar-refractivity contribution in [2.75, 3.05) is 0 Å². The second-order valence-electron chi connectivity index (χ2n) is 0. The molecule has 0 aliphatic heterocycles. The van der Waals surface area contributed by atoms with Crippen LogP contribution in [-0.2, 0) is 78.4 Å². The van der Waals surface area contributed by atoms with Crippen molar-refractivity contribution in [3.8, 4) is 0 Å². The first-order chi connectivity index (χ1) is 0. The van der Waals surface area contributed by atoms with E-state index in [-0.39, 0.29) is 166 Å². The van der Waals surface area contributed by atoms with Gasteiger partial charge in [0.1, 0.15) is 0 Å². The first-order valence-electron chi connectivity index (χ1n) is 0. The van der Waals surface area contributed by atoms with Gasteiger partial charge in [0.25, 0.3) is 0 Å². The van der Waals surface area contributed by atoms with E-state index in [0.717, 1.165) is 0 Å². The zero-order chi connectivity index (χ0) is 0. The molecule has 0 fully saturated rings. The summed E-state index contributed by atoms with van der Waals surface area (Å²) in [7, 11) is 0. The van der Waals surface area contributed by atoms with Crippen LogP contribution in [0, 0.1) is 41.7 Å². The molecular weight excluding hydrogens is 434 g/mol. The molecule has 0 aromatic carbocycles. The molecule has 0 spiro atoms. The van der Waals surface area contributed by atoms with Gasteiger partial charge < -0.3 is 0 Å². The van der Waals surface area contributed by atoms with E-state index >= 15 is 0 Å². The summed E-state index contributed by atoms with van der Waals surface area (Å²) in [5.41, 5.74) is 0. The molecule has 0 saturated carbocycles. The van der Waals surface area contributed by atoms with E-state index in [1.54, 1.807) is 0 Å². The van der Waals surface area contributed by atoms with Crippen LogP contribution in [-0.4, -0.2) is 46.1 Å². The fourth-order valence-corrected chi connectivity index (χ4v) is 0. The van der Waals surface area contributed by atoms with Crippen molar-refractivity contribution in [2.24, 2.45) is 0 Å². The van der Waals surface area contributed by atoms with Gasteiger partial charge in [0.05, 0.1) is 0 Å². The molecule has 0 aliphatic rings. The van der Waals surface area contributed by atoms with E-state index in [1.807, 2.05) is 0 Å². The largest absolute Gasteiger partial charge is 0.316 e. The predicted octanol–water partition coefficient (Wildman–Crippen LogP) is -1.84. The van der Waals surface area contributed by atoms with Crippen molar-refractivity contribution in [2.45, 2.75) is 0 Å². The Balaban J connectivity index is 0. The zero-order valence-electron chi connectivity index (χ0n) is 2.28. The third kappa shape index (κ3) is 22.7. The molecule has 0 amide bonds. The number of hydrogen-bond acceptors (Lipinski definition) is 0. The average Bonchev–Trinajstić information content (AvgIpc) is 0. The van der Waals surface area contributed by atoms with Crippen LogP contribution in [0.1, 0.15) is 0 Å². The Morgan fingerprint density at radius 3 is 0.833 bits per heavy atom. The minimum Gasteiger partial charge on any atom is 0 e. The summed E-state index contributed by atoms with van der Waals surface area (Å²) in [4.78, 5) is 0. The topological polar surface area (TPSA) is 0 Å². The molecule has 0 aromatic heterocycles. The minimum absolute atomic E-state index is 0. The molecule has 1 radical (unpaired) electrons. The SMILES string of the molecule is [Ce].[MgH2].[MgH2].[Y].[Zn].[Zr]. The van der Waals surface area contributed by atoms with Gasteiger partial charge in [-0.05, 0) is 0 Å². The Hall–Kier alpha value is 5.52. The van der Waals surface area contributed by atoms with Crippen molar-refractivity contribution in [3.05, 3.63) is 0 Å². The third-order valence-electron chi connectivity index (χ3n) is 0. The molecule has 6 heteroatoms. The number of rotatable bonds is 0. The summed E-state index contributed by atoms with van der Waals surface area (Å²) in [5, 5.41) is 0. The summed E-state index contributed by atoms with van der Waals surface area (Å²) in [5.74, 6) is 0. The monoisotopic (exact) mass is 435 g/mol. The van der Waals surface area contributed by atoms with Crippen LogP contribution in [0.4, 0.5) is 0 Å². The summed E-state index contributed by atoms with van der Waals surface area (Å²) in [6, 6.07) is 0. The van der Waals surface area contributed by atoms with Crippen molar-refractivity contribution in [1.82, 2.24) is 0 Å². The summed E-state index contributed by atoms with van der Waals surface area (Å²) < 4.78 is 0. The first-order valence-corrected chi connectivity index (χ1v) is 0. The molecular formula is H4CeMg2YZnZr. The Morgan fingerprint density at radius 2 is 0.833 bits per heavy atom. The van der Waals surface area contributed by atoms with Crippen LogP contribution in [0.2, 0.25) is 0 Å². The molecule has 0 unspecified atom stereocenters. The standard InChI is InChI=1S/Ce.2Mg.Y.Zn.Zr.4H. The Morgan fingerprint density at radius 1 is 0.833 bits per heavy atom. The summed E-state index contributed by atoms with van der Waals surface area (Å²) in [6.07, 6.45) is 0. The van der Waals surface area contributed by atoms with Crippen LogP contribution in [0.15, 0.2) is 0 Å². The van der Waals surface area contributed by atoms with Gasteiger partial charge in [0.2, 0.25) is 0 Å². The Bertz CT molecular complexity index is 13.5. The van der Waals surface area contributed by atoms with Crippen LogP contribution >= 0.6 is 0 Å². The average molecular weight is 438 g/mol. The zero-order valence-corrected chi connectivity index (χ0v) is 13.7. The molecule has 6 heavy (non-hydrogen) atoms. The van der Waals surface area contributed by atoms with Gasteiger partial charge in [-0.3, -0.25) is 0 Å². The smallest absolute Gasteiger partial charge is 0 e. The van der Waals surface area contributed by atoms with E-state index in [1.165, 1.54) is 0 Å². The molecule has 0 N–H and O–H groups in total. The Kier molecular flexibility index (Phi) is 218. The van der Waals surface area contributed by atoms with Gasteiger partial charge in [-0.25, -0.2) is 0 Å². The van der Waals surface area contributed by atoms with Crippen molar-refractivity contribution in [3.63, 3.8) is 0 Å². The van der Waals surface area contributed by atoms with Crippen LogP contribution < -0.4 is 0 Å². The number of hydrogen-bond donors (Lipinski definition) is 0. The van der Waals surface area contributed by atoms with E-state index in [9.17, 15) is 0 Å². The molecule has 0 aromatic rings. The molecule has 0 saturated heterocycles. The van der Waals surface area contributed by atoms with E-state index < -0.39 is 0 Å². The predicted molar refractivity (Wildman–Crippen MR) is 17.1 cm³/mol. The first kappa shape index (κ1) is 41.8. The maximum absolute atomic E-state index is 0. The second kappa shape index (κ2) is 31.3. The van der Waals surface area contributed by atoms with Gasteiger partial charge in [-0.2, -0.15) is 0 Å². The fourth-order valence-electron chi connectivity index (χ4n) is 0. The van der Waals surface area contributed by atoms with Gasteiger partial charge in [0, 0.05) is 120 Å². The third-order valence-corrected chi connectivity index (χ3v) is 0. The molecule has 0 nitrogen and oxygen atoms in total. The summed E-state index contributed by atoms with van der Waals surface area (Å²) in [6.45, 7) is 0. The van der Waals surface area contributed by atoms with E-state index in [2.05, 4.69) is 0 Å². The van der Waals surface area contributed by atoms with Crippen LogP contribution in [0.5, 0.6) is 0 Å². The maximum atomic E-state index is 0. The van der Waals surface area contributed by atoms with Crippen LogP contribution in [0.3, 0.4) is 0 Å². The quantitative estimate of drug-likeness (QED) is 0.391. The molecule has 0 atom stereocenters. The van der Waals surface area contributed by atoms with Crippen LogP contribution in [0.25, 0.3) is 0 Å². The van der Waals surface area contributed by atoms with Crippen molar-refractivity contribution >= 4 is 46.1 Å². The van der Waals surface area contributed by atoms with E-state index in [4.69, 9.17) is 0 Å². The van der Waals surface area contributed by atoms with Gasteiger partial charge in [-0.1, -0.05) is 0 Å². The second-order valence-corrected chi connectivity index (χ2v) is 0. The summed E-state index contributed by atoms with van der Waals surface area (Å²) >= 11 is 0. The molecule has 0 bridgehead atoms. The maximum Gasteiger partial charge on any atom is 0.316 e. The minimum atomic E-state index is 0. The van der Waals surface area contributed by atoms with Crippen molar-refractivity contribution in [1.29, 1.82) is 0 Å².